The summed E-state index contributed by atoms with van der Waals surface area (Å²) in [6, 6.07) is 3.89. The van der Waals surface area contributed by atoms with Crippen molar-refractivity contribution >= 4 is 16.8 Å². The number of hydrogen-bond acceptors (Lipinski definition) is 4. The highest BCUT2D eigenvalue weighted by atomic mass is 16.3. The molecule has 5 nitrogen and oxygen atoms in total. The van der Waals surface area contributed by atoms with E-state index in [1.807, 2.05) is 18.3 Å². The zero-order valence-electron chi connectivity index (χ0n) is 10.1. The fraction of sp³-hybridized carbons (Fsp3) is 0.231. The van der Waals surface area contributed by atoms with Crippen molar-refractivity contribution in [2.45, 2.75) is 19.4 Å². The first kappa shape index (κ1) is 10.8. The van der Waals surface area contributed by atoms with Gasteiger partial charge in [0, 0.05) is 18.6 Å². The Balaban J connectivity index is 1.93. The van der Waals surface area contributed by atoms with Crippen molar-refractivity contribution in [3.05, 3.63) is 42.8 Å². The number of H-pyrrole nitrogens is 1. The summed E-state index contributed by atoms with van der Waals surface area (Å²) in [6.07, 6.45) is 7.91. The summed E-state index contributed by atoms with van der Waals surface area (Å²) in [7, 11) is 0. The van der Waals surface area contributed by atoms with Crippen molar-refractivity contribution in [1.82, 2.24) is 15.0 Å². The van der Waals surface area contributed by atoms with Gasteiger partial charge in [-0.3, -0.25) is 0 Å². The van der Waals surface area contributed by atoms with Crippen LogP contribution in [0.5, 0.6) is 0 Å². The van der Waals surface area contributed by atoms with E-state index in [-0.39, 0.29) is 6.04 Å². The summed E-state index contributed by atoms with van der Waals surface area (Å²) in [5.41, 5.74) is 0.835. The van der Waals surface area contributed by atoms with Crippen molar-refractivity contribution in [2.24, 2.45) is 0 Å². The molecule has 0 amide bonds. The van der Waals surface area contributed by atoms with Crippen molar-refractivity contribution in [3.63, 3.8) is 0 Å². The Kier molecular flexibility index (Phi) is 2.72. The standard InChI is InChI=1S/C13H14N4O/c1-2-10(13-15-6-7-16-13)17-12-9-4-8-18-11(9)3-5-14-12/h3-8,10H,2H2,1H3,(H,14,17)(H,15,16). The maximum Gasteiger partial charge on any atom is 0.139 e. The normalized spacial score (nSPS) is 12.7. The van der Waals surface area contributed by atoms with E-state index in [9.17, 15) is 0 Å². The van der Waals surface area contributed by atoms with Crippen LogP contribution < -0.4 is 5.32 Å². The van der Waals surface area contributed by atoms with E-state index in [1.54, 1.807) is 18.7 Å². The minimum atomic E-state index is 0.119. The molecule has 3 rings (SSSR count). The first-order valence-electron chi connectivity index (χ1n) is 5.96. The van der Waals surface area contributed by atoms with Crippen LogP contribution in [0.15, 0.2) is 41.4 Å². The summed E-state index contributed by atoms with van der Waals surface area (Å²) in [6.45, 7) is 2.11. The Morgan fingerprint density at radius 2 is 2.28 bits per heavy atom. The molecule has 3 heterocycles. The van der Waals surface area contributed by atoms with Gasteiger partial charge >= 0.3 is 0 Å². The molecule has 3 aromatic heterocycles. The zero-order valence-corrected chi connectivity index (χ0v) is 10.1. The monoisotopic (exact) mass is 242 g/mol. The minimum Gasteiger partial charge on any atom is -0.464 e. The molecule has 0 aliphatic heterocycles. The maximum absolute atomic E-state index is 5.36. The smallest absolute Gasteiger partial charge is 0.139 e. The van der Waals surface area contributed by atoms with E-state index in [0.717, 1.165) is 29.0 Å². The molecule has 2 N–H and O–H groups in total. The van der Waals surface area contributed by atoms with Crippen LogP contribution in [0, 0.1) is 0 Å². The number of aromatic nitrogens is 3. The molecular formula is C13H14N4O. The van der Waals surface area contributed by atoms with Crippen LogP contribution in [0.25, 0.3) is 11.0 Å². The van der Waals surface area contributed by atoms with E-state index in [0.29, 0.717) is 0 Å². The molecule has 3 aromatic rings. The minimum absolute atomic E-state index is 0.119. The molecule has 0 aliphatic carbocycles. The van der Waals surface area contributed by atoms with Crippen molar-refractivity contribution in [1.29, 1.82) is 0 Å². The largest absolute Gasteiger partial charge is 0.464 e. The number of furan rings is 1. The van der Waals surface area contributed by atoms with Gasteiger partial charge in [-0.25, -0.2) is 9.97 Å². The third-order valence-electron chi connectivity index (χ3n) is 2.95. The molecule has 0 aromatic carbocycles. The van der Waals surface area contributed by atoms with Gasteiger partial charge in [0.05, 0.1) is 17.7 Å². The molecule has 0 saturated carbocycles. The average molecular weight is 242 g/mol. The van der Waals surface area contributed by atoms with Gasteiger partial charge in [0.2, 0.25) is 0 Å². The van der Waals surface area contributed by atoms with Crippen molar-refractivity contribution < 1.29 is 4.42 Å². The summed E-state index contributed by atoms with van der Waals surface area (Å²) in [4.78, 5) is 11.8. The summed E-state index contributed by atoms with van der Waals surface area (Å²) in [5.74, 6) is 1.74. The summed E-state index contributed by atoms with van der Waals surface area (Å²) >= 11 is 0. The van der Waals surface area contributed by atoms with Crippen LogP contribution in [0.2, 0.25) is 0 Å². The van der Waals surface area contributed by atoms with E-state index in [2.05, 4.69) is 27.2 Å². The number of rotatable bonds is 4. The second-order valence-corrected chi connectivity index (χ2v) is 4.07. The van der Waals surface area contributed by atoms with Gasteiger partial charge in [0.1, 0.15) is 17.2 Å². The highest BCUT2D eigenvalue weighted by Crippen LogP contribution is 2.26. The molecule has 0 fully saturated rings. The average Bonchev–Trinajstić information content (AvgIpc) is 3.06. The van der Waals surface area contributed by atoms with Crippen LogP contribution in [-0.2, 0) is 0 Å². The first-order chi connectivity index (χ1) is 8.88. The molecule has 1 atom stereocenters. The second kappa shape index (κ2) is 4.52. The Bertz CT molecular complexity index is 629. The molecule has 1 unspecified atom stereocenters. The number of anilines is 1. The lowest BCUT2D eigenvalue weighted by Crippen LogP contribution is -2.12. The lowest BCUT2D eigenvalue weighted by atomic mass is 10.2. The molecule has 18 heavy (non-hydrogen) atoms. The maximum atomic E-state index is 5.36. The molecule has 0 radical (unpaired) electrons. The van der Waals surface area contributed by atoms with Crippen molar-refractivity contribution in [2.75, 3.05) is 5.32 Å². The van der Waals surface area contributed by atoms with Gasteiger partial charge in [0.25, 0.3) is 0 Å². The Labute approximate surface area is 104 Å². The second-order valence-electron chi connectivity index (χ2n) is 4.07. The van der Waals surface area contributed by atoms with Gasteiger partial charge in [-0.05, 0) is 18.6 Å². The summed E-state index contributed by atoms with van der Waals surface area (Å²) in [5, 5.41) is 4.38. The van der Waals surface area contributed by atoms with Gasteiger partial charge in [0.15, 0.2) is 0 Å². The quantitative estimate of drug-likeness (QED) is 0.737. The van der Waals surface area contributed by atoms with Crippen LogP contribution >= 0.6 is 0 Å². The molecular weight excluding hydrogens is 228 g/mol. The lowest BCUT2D eigenvalue weighted by molar-refractivity contribution is 0.615. The van der Waals surface area contributed by atoms with E-state index >= 15 is 0 Å². The molecule has 0 aliphatic rings. The van der Waals surface area contributed by atoms with Crippen LogP contribution in [-0.4, -0.2) is 15.0 Å². The Hall–Kier alpha value is -2.30. The fourth-order valence-electron chi connectivity index (χ4n) is 2.01. The number of imidazole rings is 1. The third kappa shape index (κ3) is 1.84. The predicted octanol–water partition coefficient (Wildman–Crippen LogP) is 3.11. The van der Waals surface area contributed by atoms with E-state index < -0.39 is 0 Å². The first-order valence-corrected chi connectivity index (χ1v) is 5.96. The molecule has 0 bridgehead atoms. The Morgan fingerprint density at radius 1 is 1.33 bits per heavy atom. The number of hydrogen-bond donors (Lipinski definition) is 2. The molecule has 0 spiro atoms. The van der Waals surface area contributed by atoms with Crippen molar-refractivity contribution in [3.8, 4) is 0 Å². The topological polar surface area (TPSA) is 66.7 Å². The zero-order chi connectivity index (χ0) is 12.4. The summed E-state index contributed by atoms with van der Waals surface area (Å²) < 4.78 is 5.36. The van der Waals surface area contributed by atoms with Gasteiger partial charge in [-0.15, -0.1) is 0 Å². The third-order valence-corrected chi connectivity index (χ3v) is 2.95. The predicted molar refractivity (Wildman–Crippen MR) is 69.3 cm³/mol. The highest BCUT2D eigenvalue weighted by Gasteiger charge is 2.14. The lowest BCUT2D eigenvalue weighted by Gasteiger charge is -2.15. The van der Waals surface area contributed by atoms with Crippen LogP contribution in [0.1, 0.15) is 25.2 Å². The molecule has 0 saturated heterocycles. The Morgan fingerprint density at radius 3 is 3.06 bits per heavy atom. The molecule has 92 valence electrons. The highest BCUT2D eigenvalue weighted by molar-refractivity contribution is 5.87. The number of nitrogens with one attached hydrogen (secondary N) is 2. The van der Waals surface area contributed by atoms with Gasteiger partial charge in [-0.2, -0.15) is 0 Å². The van der Waals surface area contributed by atoms with E-state index in [1.165, 1.54) is 0 Å². The fourth-order valence-corrected chi connectivity index (χ4v) is 2.01. The van der Waals surface area contributed by atoms with Gasteiger partial charge in [-0.1, -0.05) is 6.92 Å². The number of fused-ring (bicyclic) bond motifs is 1. The number of nitrogens with zero attached hydrogens (tertiary/aromatic N) is 2. The van der Waals surface area contributed by atoms with Gasteiger partial charge < -0.3 is 14.7 Å². The van der Waals surface area contributed by atoms with E-state index in [4.69, 9.17) is 4.42 Å². The number of aromatic amines is 1. The van der Waals surface area contributed by atoms with Crippen LogP contribution in [0.4, 0.5) is 5.82 Å². The SMILES string of the molecule is CCC(Nc1nccc2occc12)c1ncc[nH]1. The number of pyridine rings is 1. The molecule has 5 heteroatoms. The van der Waals surface area contributed by atoms with Crippen LogP contribution in [0.3, 0.4) is 0 Å².